The second-order valence-electron chi connectivity index (χ2n) is 3.94. The van der Waals surface area contributed by atoms with Crippen LogP contribution in [0.2, 0.25) is 0 Å². The van der Waals surface area contributed by atoms with E-state index in [0.717, 1.165) is 27.2 Å². The van der Waals surface area contributed by atoms with E-state index in [2.05, 4.69) is 20.9 Å². The molecule has 2 nitrogen and oxygen atoms in total. The number of aromatic nitrogens is 1. The number of benzene rings is 1. The Morgan fingerprint density at radius 2 is 2.11 bits per heavy atom. The highest BCUT2D eigenvalue weighted by Crippen LogP contribution is 2.25. The summed E-state index contributed by atoms with van der Waals surface area (Å²) in [7, 11) is 0. The van der Waals surface area contributed by atoms with Gasteiger partial charge in [0.2, 0.25) is 0 Å². The molecule has 0 saturated heterocycles. The van der Waals surface area contributed by atoms with Crippen LogP contribution in [0.25, 0.3) is 0 Å². The molecule has 0 aliphatic heterocycles. The molecule has 0 N–H and O–H groups in total. The van der Waals surface area contributed by atoms with E-state index in [1.54, 1.807) is 0 Å². The van der Waals surface area contributed by atoms with Gasteiger partial charge in [0.05, 0.1) is 11.6 Å². The predicted octanol–water partition coefficient (Wildman–Crippen LogP) is 4.47. The van der Waals surface area contributed by atoms with Crippen molar-refractivity contribution in [2.75, 3.05) is 0 Å². The molecule has 0 fully saturated rings. The first-order chi connectivity index (χ1) is 8.69. The van der Waals surface area contributed by atoms with E-state index in [9.17, 15) is 0 Å². The van der Waals surface area contributed by atoms with E-state index in [0.29, 0.717) is 12.5 Å². The second-order valence-corrected chi connectivity index (χ2v) is 5.13. The highest BCUT2D eigenvalue weighted by Gasteiger charge is 2.04. The summed E-state index contributed by atoms with van der Waals surface area (Å²) in [6.45, 7) is 2.42. The Labute approximate surface area is 120 Å². The van der Waals surface area contributed by atoms with Crippen LogP contribution in [0.3, 0.4) is 0 Å². The van der Waals surface area contributed by atoms with Gasteiger partial charge in [-0.3, -0.25) is 4.98 Å². The number of halogens is 2. The molecule has 2 aromatic rings. The highest BCUT2D eigenvalue weighted by molar-refractivity contribution is 9.10. The third-order valence-electron chi connectivity index (χ3n) is 2.49. The van der Waals surface area contributed by atoms with Crippen LogP contribution in [0.1, 0.15) is 17.0 Å². The van der Waals surface area contributed by atoms with Gasteiger partial charge in [0.1, 0.15) is 12.4 Å². The minimum atomic E-state index is 0.427. The summed E-state index contributed by atoms with van der Waals surface area (Å²) in [5.41, 5.74) is 2.88. The van der Waals surface area contributed by atoms with Crippen molar-refractivity contribution in [3.63, 3.8) is 0 Å². The highest BCUT2D eigenvalue weighted by atomic mass is 79.9. The maximum Gasteiger partial charge on any atom is 0.130 e. The lowest BCUT2D eigenvalue weighted by Crippen LogP contribution is -2.00. The molecule has 2 rings (SSSR count). The number of ether oxygens (including phenoxy) is 1. The van der Waals surface area contributed by atoms with Crippen LogP contribution < -0.4 is 4.74 Å². The van der Waals surface area contributed by atoms with Crippen LogP contribution >= 0.6 is 27.5 Å². The van der Waals surface area contributed by atoms with Crippen molar-refractivity contribution in [3.05, 3.63) is 57.8 Å². The number of hydrogen-bond donors (Lipinski definition) is 0. The lowest BCUT2D eigenvalue weighted by molar-refractivity contribution is 0.298. The van der Waals surface area contributed by atoms with E-state index >= 15 is 0 Å². The van der Waals surface area contributed by atoms with Gasteiger partial charge in [-0.25, -0.2) is 0 Å². The Morgan fingerprint density at radius 3 is 2.83 bits per heavy atom. The lowest BCUT2D eigenvalue weighted by atomic mass is 10.2. The number of alkyl halides is 1. The van der Waals surface area contributed by atoms with Crippen molar-refractivity contribution in [2.45, 2.75) is 19.4 Å². The van der Waals surface area contributed by atoms with Gasteiger partial charge >= 0.3 is 0 Å². The van der Waals surface area contributed by atoms with E-state index < -0.39 is 0 Å². The number of rotatable bonds is 4. The third-order valence-corrected chi connectivity index (χ3v) is 3.27. The second kappa shape index (κ2) is 6.21. The molecule has 0 aliphatic rings. The molecule has 0 radical (unpaired) electrons. The van der Waals surface area contributed by atoms with Crippen molar-refractivity contribution in [1.82, 2.24) is 4.98 Å². The van der Waals surface area contributed by atoms with Crippen LogP contribution in [0, 0.1) is 6.92 Å². The number of hydrogen-bond acceptors (Lipinski definition) is 2. The van der Waals surface area contributed by atoms with Gasteiger partial charge < -0.3 is 4.74 Å². The van der Waals surface area contributed by atoms with Crippen molar-refractivity contribution in [2.24, 2.45) is 0 Å². The Hall–Kier alpha value is -1.06. The van der Waals surface area contributed by atoms with Gasteiger partial charge in [0, 0.05) is 15.7 Å². The first kappa shape index (κ1) is 13.4. The summed E-state index contributed by atoms with van der Waals surface area (Å²) in [5.74, 6) is 1.23. The Bertz CT molecular complexity index is 545. The van der Waals surface area contributed by atoms with E-state index in [-0.39, 0.29) is 0 Å². The number of nitrogens with zero attached hydrogens (tertiary/aromatic N) is 1. The molecule has 0 aliphatic carbocycles. The zero-order chi connectivity index (χ0) is 13.0. The zero-order valence-electron chi connectivity index (χ0n) is 9.99. The zero-order valence-corrected chi connectivity index (χ0v) is 12.3. The van der Waals surface area contributed by atoms with Gasteiger partial charge in [-0.15, -0.1) is 11.6 Å². The monoisotopic (exact) mass is 325 g/mol. The first-order valence-corrected chi connectivity index (χ1v) is 6.91. The van der Waals surface area contributed by atoms with Crippen LogP contribution in [-0.4, -0.2) is 4.98 Å². The molecule has 94 valence electrons. The summed E-state index contributed by atoms with van der Waals surface area (Å²) >= 11 is 9.31. The normalized spacial score (nSPS) is 10.4. The molecule has 1 heterocycles. The summed E-state index contributed by atoms with van der Waals surface area (Å²) in [4.78, 5) is 4.39. The van der Waals surface area contributed by atoms with Crippen molar-refractivity contribution in [3.8, 4) is 5.75 Å². The molecule has 0 saturated carbocycles. The molecule has 0 amide bonds. The fourth-order valence-electron chi connectivity index (χ4n) is 1.62. The minimum Gasteiger partial charge on any atom is -0.487 e. The smallest absolute Gasteiger partial charge is 0.130 e. The molecule has 0 bridgehead atoms. The predicted molar refractivity (Wildman–Crippen MR) is 77.0 cm³/mol. The van der Waals surface area contributed by atoms with Crippen LogP contribution in [0.15, 0.2) is 40.9 Å². The molecule has 0 spiro atoms. The fraction of sp³-hybridized carbons (Fsp3) is 0.214. The maximum absolute atomic E-state index is 5.89. The van der Waals surface area contributed by atoms with Crippen LogP contribution in [0.4, 0.5) is 0 Å². The molecule has 4 heteroatoms. The molecular formula is C14H13BrClNO. The standard InChI is InChI=1S/C14H13BrClNO/c1-10-3-2-4-13(17-10)9-18-14-6-5-12(15)7-11(14)8-16/h2-7H,8-9H2,1H3. The molecule has 18 heavy (non-hydrogen) atoms. The van der Waals surface area contributed by atoms with Crippen molar-refractivity contribution >= 4 is 27.5 Å². The molecule has 0 atom stereocenters. The lowest BCUT2D eigenvalue weighted by Gasteiger charge is -2.10. The van der Waals surface area contributed by atoms with Gasteiger partial charge in [0.15, 0.2) is 0 Å². The quantitative estimate of drug-likeness (QED) is 0.773. The molecule has 1 aromatic carbocycles. The summed E-state index contributed by atoms with van der Waals surface area (Å²) in [5, 5.41) is 0. The molecule has 0 unspecified atom stereocenters. The first-order valence-electron chi connectivity index (χ1n) is 5.59. The Morgan fingerprint density at radius 1 is 1.28 bits per heavy atom. The Balaban J connectivity index is 2.10. The third kappa shape index (κ3) is 3.47. The van der Waals surface area contributed by atoms with E-state index in [1.807, 2.05) is 43.3 Å². The van der Waals surface area contributed by atoms with Gasteiger partial charge in [0.25, 0.3) is 0 Å². The summed E-state index contributed by atoms with van der Waals surface area (Å²) < 4.78 is 6.76. The SMILES string of the molecule is Cc1cccc(COc2ccc(Br)cc2CCl)n1. The van der Waals surface area contributed by atoms with Gasteiger partial charge in [-0.05, 0) is 37.3 Å². The fourth-order valence-corrected chi connectivity index (χ4v) is 2.24. The van der Waals surface area contributed by atoms with Crippen molar-refractivity contribution in [1.29, 1.82) is 0 Å². The van der Waals surface area contributed by atoms with E-state index in [1.165, 1.54) is 0 Å². The van der Waals surface area contributed by atoms with E-state index in [4.69, 9.17) is 16.3 Å². The topological polar surface area (TPSA) is 22.1 Å². The Kier molecular flexibility index (Phi) is 4.61. The van der Waals surface area contributed by atoms with Crippen LogP contribution in [-0.2, 0) is 12.5 Å². The van der Waals surface area contributed by atoms with Gasteiger partial charge in [-0.2, -0.15) is 0 Å². The summed E-state index contributed by atoms with van der Waals surface area (Å²) in [6.07, 6.45) is 0. The summed E-state index contributed by atoms with van der Waals surface area (Å²) in [6, 6.07) is 11.7. The average molecular weight is 327 g/mol. The molecule has 1 aromatic heterocycles. The maximum atomic E-state index is 5.89. The van der Waals surface area contributed by atoms with Crippen molar-refractivity contribution < 1.29 is 4.74 Å². The largest absolute Gasteiger partial charge is 0.487 e. The average Bonchev–Trinajstić information content (AvgIpc) is 2.37. The number of aryl methyl sites for hydroxylation is 1. The minimum absolute atomic E-state index is 0.427. The number of pyridine rings is 1. The molecular weight excluding hydrogens is 314 g/mol. The van der Waals surface area contributed by atoms with Gasteiger partial charge in [-0.1, -0.05) is 22.0 Å². The van der Waals surface area contributed by atoms with Crippen LogP contribution in [0.5, 0.6) is 5.75 Å².